The molecule has 0 aliphatic rings. The van der Waals surface area contributed by atoms with Gasteiger partial charge in [0.2, 0.25) is 5.88 Å². The van der Waals surface area contributed by atoms with Gasteiger partial charge in [-0.1, -0.05) is 6.07 Å². The second-order valence-electron chi connectivity index (χ2n) is 7.25. The van der Waals surface area contributed by atoms with Crippen molar-refractivity contribution in [3.05, 3.63) is 72.6 Å². The summed E-state index contributed by atoms with van der Waals surface area (Å²) in [5.74, 6) is -0.0234. The second kappa shape index (κ2) is 8.43. The number of halogens is 1. The zero-order chi connectivity index (χ0) is 22.8. The van der Waals surface area contributed by atoms with Crippen molar-refractivity contribution < 1.29 is 9.13 Å². The summed E-state index contributed by atoms with van der Waals surface area (Å²) in [6, 6.07) is 15.0. The summed E-state index contributed by atoms with van der Waals surface area (Å²) >= 11 is 0. The van der Waals surface area contributed by atoms with Crippen molar-refractivity contribution in [3.8, 4) is 29.0 Å². The van der Waals surface area contributed by atoms with E-state index in [1.54, 1.807) is 27.4 Å². The fourth-order valence-electron chi connectivity index (χ4n) is 3.41. The Morgan fingerprint density at radius 3 is 2.79 bits per heavy atom. The summed E-state index contributed by atoms with van der Waals surface area (Å²) in [6.07, 6.45) is 2.82. The maximum absolute atomic E-state index is 13.9. The molecular formula is C22H16FN9O. The van der Waals surface area contributed by atoms with E-state index in [4.69, 9.17) is 4.74 Å². The van der Waals surface area contributed by atoms with Gasteiger partial charge < -0.3 is 4.74 Å². The number of hydrogen-bond acceptors (Lipinski definition) is 8. The lowest BCUT2D eigenvalue weighted by atomic mass is 10.2. The maximum atomic E-state index is 13.9. The summed E-state index contributed by atoms with van der Waals surface area (Å²) in [5.41, 5.74) is 2.94. The van der Waals surface area contributed by atoms with E-state index in [1.807, 2.05) is 19.1 Å². The third-order valence-electron chi connectivity index (χ3n) is 4.88. The topological polar surface area (TPSA) is 120 Å². The highest BCUT2D eigenvalue weighted by atomic mass is 19.1. The Labute approximate surface area is 186 Å². The van der Waals surface area contributed by atoms with Crippen molar-refractivity contribution in [3.63, 3.8) is 0 Å². The second-order valence-corrected chi connectivity index (χ2v) is 7.25. The summed E-state index contributed by atoms with van der Waals surface area (Å²) in [5, 5.41) is 20.5. The molecule has 0 aliphatic carbocycles. The Kier molecular flexibility index (Phi) is 5.16. The first-order valence-corrected chi connectivity index (χ1v) is 10.00. The van der Waals surface area contributed by atoms with Gasteiger partial charge in [-0.15, -0.1) is 5.10 Å². The molecule has 0 amide bonds. The number of aromatic nitrogens is 8. The molecule has 0 aliphatic heterocycles. The van der Waals surface area contributed by atoms with Crippen molar-refractivity contribution in [2.75, 3.05) is 0 Å². The largest absolute Gasteiger partial charge is 0.473 e. The minimum atomic E-state index is -0.454. The van der Waals surface area contributed by atoms with Gasteiger partial charge in [-0.2, -0.15) is 5.26 Å². The third-order valence-corrected chi connectivity index (χ3v) is 4.88. The molecule has 0 radical (unpaired) electrons. The zero-order valence-electron chi connectivity index (χ0n) is 17.4. The number of imidazole rings is 1. The van der Waals surface area contributed by atoms with Crippen molar-refractivity contribution in [1.82, 2.24) is 39.7 Å². The highest BCUT2D eigenvalue weighted by Gasteiger charge is 2.14. The fourth-order valence-corrected chi connectivity index (χ4v) is 3.41. The van der Waals surface area contributed by atoms with Crippen LogP contribution in [0.25, 0.3) is 28.2 Å². The Bertz CT molecular complexity index is 1470. The number of tetrazole rings is 1. The van der Waals surface area contributed by atoms with Crippen LogP contribution >= 0.6 is 0 Å². The molecule has 0 saturated heterocycles. The predicted molar refractivity (Wildman–Crippen MR) is 115 cm³/mol. The molecule has 1 atom stereocenters. The molecule has 4 aromatic heterocycles. The molecule has 0 unspecified atom stereocenters. The van der Waals surface area contributed by atoms with Crippen LogP contribution < -0.4 is 4.74 Å². The van der Waals surface area contributed by atoms with Crippen molar-refractivity contribution in [1.29, 1.82) is 5.26 Å². The van der Waals surface area contributed by atoms with Crippen LogP contribution in [0.1, 0.15) is 12.5 Å². The lowest BCUT2D eigenvalue weighted by Gasteiger charge is -2.14. The first-order valence-electron chi connectivity index (χ1n) is 10.00. The number of nitrogens with zero attached hydrogens (tertiary/aromatic N) is 9. The fraction of sp³-hybridized carbons (Fsp3) is 0.136. The SMILES string of the molecule is C[C@@H](Cn1cnnn1)Oc1cccc(-c2ccc3ncn(-c4cc(F)ccc4C#N)c3n2)n1. The third kappa shape index (κ3) is 4.09. The van der Waals surface area contributed by atoms with Crippen LogP contribution in [0.4, 0.5) is 4.39 Å². The van der Waals surface area contributed by atoms with Crippen LogP contribution in [0, 0.1) is 17.1 Å². The molecule has 0 N–H and O–H groups in total. The van der Waals surface area contributed by atoms with E-state index in [2.05, 4.69) is 36.5 Å². The zero-order valence-corrected chi connectivity index (χ0v) is 17.4. The molecule has 0 fully saturated rings. The summed E-state index contributed by atoms with van der Waals surface area (Å²) < 4.78 is 23.0. The first-order chi connectivity index (χ1) is 16.1. The average Bonchev–Trinajstić information content (AvgIpc) is 3.48. The lowest BCUT2D eigenvalue weighted by molar-refractivity contribution is 0.185. The molecular weight excluding hydrogens is 425 g/mol. The number of pyridine rings is 2. The lowest BCUT2D eigenvalue weighted by Crippen LogP contribution is -2.20. The van der Waals surface area contributed by atoms with Crippen molar-refractivity contribution in [2.45, 2.75) is 19.6 Å². The predicted octanol–water partition coefficient (Wildman–Crippen LogP) is 2.95. The number of benzene rings is 1. The normalized spacial score (nSPS) is 11.9. The number of hydrogen-bond donors (Lipinski definition) is 0. The number of fused-ring (bicyclic) bond motifs is 1. The average molecular weight is 441 g/mol. The summed E-state index contributed by atoms with van der Waals surface area (Å²) in [7, 11) is 0. The van der Waals surface area contributed by atoms with Crippen LogP contribution in [-0.4, -0.2) is 45.8 Å². The minimum absolute atomic E-state index is 0.217. The smallest absolute Gasteiger partial charge is 0.214 e. The number of ether oxygens (including phenoxy) is 1. The number of rotatable bonds is 6. The Morgan fingerprint density at radius 1 is 1.09 bits per heavy atom. The first kappa shape index (κ1) is 20.2. The van der Waals surface area contributed by atoms with Crippen LogP contribution in [0.15, 0.2) is 61.2 Å². The Balaban J connectivity index is 1.48. The van der Waals surface area contributed by atoms with Gasteiger partial charge in [-0.05, 0) is 53.7 Å². The quantitative estimate of drug-likeness (QED) is 0.394. The molecule has 4 heterocycles. The van der Waals surface area contributed by atoms with Crippen LogP contribution in [0.3, 0.4) is 0 Å². The minimum Gasteiger partial charge on any atom is -0.473 e. The van der Waals surface area contributed by atoms with Gasteiger partial charge in [0.15, 0.2) is 5.65 Å². The van der Waals surface area contributed by atoms with Gasteiger partial charge >= 0.3 is 0 Å². The van der Waals surface area contributed by atoms with Gasteiger partial charge in [0, 0.05) is 6.07 Å². The molecule has 10 nitrogen and oxygen atoms in total. The molecule has 0 bridgehead atoms. The van der Waals surface area contributed by atoms with Crippen molar-refractivity contribution >= 4 is 11.2 Å². The van der Waals surface area contributed by atoms with E-state index < -0.39 is 5.82 Å². The van der Waals surface area contributed by atoms with E-state index in [9.17, 15) is 9.65 Å². The molecule has 1 aromatic carbocycles. The summed E-state index contributed by atoms with van der Waals surface area (Å²) in [6.45, 7) is 2.36. The van der Waals surface area contributed by atoms with Gasteiger partial charge in [0.05, 0.1) is 29.2 Å². The van der Waals surface area contributed by atoms with Gasteiger partial charge in [0.25, 0.3) is 0 Å². The van der Waals surface area contributed by atoms with Crippen LogP contribution in [0.5, 0.6) is 5.88 Å². The van der Waals surface area contributed by atoms with E-state index in [0.29, 0.717) is 46.2 Å². The van der Waals surface area contributed by atoms with Gasteiger partial charge in [-0.3, -0.25) is 4.57 Å². The standard InChI is InChI=1S/C22H16FN9O/c1-14(11-31-13-26-29-30-31)33-21-4-2-3-17(27-21)18-7-8-19-22(28-18)32(12-25-19)20-9-16(23)6-5-15(20)10-24/h2-9,12-14H,11H2,1H3/t14-/m0/s1. The number of nitriles is 1. The Hall–Kier alpha value is -4.72. The Morgan fingerprint density at radius 2 is 1.97 bits per heavy atom. The van der Waals surface area contributed by atoms with E-state index in [0.717, 1.165) is 0 Å². The summed E-state index contributed by atoms with van der Waals surface area (Å²) in [4.78, 5) is 13.6. The van der Waals surface area contributed by atoms with E-state index in [1.165, 1.54) is 30.9 Å². The molecule has 11 heteroatoms. The molecule has 0 saturated carbocycles. The molecule has 5 rings (SSSR count). The van der Waals surface area contributed by atoms with Crippen LogP contribution in [-0.2, 0) is 6.54 Å². The highest BCUT2D eigenvalue weighted by molar-refractivity contribution is 5.77. The molecule has 33 heavy (non-hydrogen) atoms. The van der Waals surface area contributed by atoms with Gasteiger partial charge in [-0.25, -0.2) is 24.0 Å². The molecule has 162 valence electrons. The van der Waals surface area contributed by atoms with E-state index >= 15 is 0 Å². The molecule has 0 spiro atoms. The monoisotopic (exact) mass is 441 g/mol. The van der Waals surface area contributed by atoms with Gasteiger partial charge in [0.1, 0.15) is 36.2 Å². The maximum Gasteiger partial charge on any atom is 0.214 e. The van der Waals surface area contributed by atoms with Crippen molar-refractivity contribution in [2.24, 2.45) is 0 Å². The van der Waals surface area contributed by atoms with E-state index in [-0.39, 0.29) is 6.10 Å². The molecule has 5 aromatic rings. The highest BCUT2D eigenvalue weighted by Crippen LogP contribution is 2.25. The van der Waals surface area contributed by atoms with Crippen LogP contribution in [0.2, 0.25) is 0 Å².